The molecule has 1 aromatic heterocycles. The van der Waals surface area contributed by atoms with Gasteiger partial charge >= 0.3 is 0 Å². The van der Waals surface area contributed by atoms with Crippen LogP contribution >= 0.6 is 0 Å². The maximum atomic E-state index is 13.2. The summed E-state index contributed by atoms with van der Waals surface area (Å²) in [5.74, 6) is -1.34. The first-order valence-electron chi connectivity index (χ1n) is 9.65. The normalized spacial score (nSPS) is 10.5. The molecule has 0 saturated heterocycles. The highest BCUT2D eigenvalue weighted by atomic mass is 19.1. The van der Waals surface area contributed by atoms with E-state index in [0.717, 1.165) is 16.9 Å². The number of amides is 3. The number of carbonyl (C=O) groups is 3. The lowest BCUT2D eigenvalue weighted by molar-refractivity contribution is -0.121. The third-order valence-corrected chi connectivity index (χ3v) is 4.72. The van der Waals surface area contributed by atoms with Gasteiger partial charge in [-0.2, -0.15) is 0 Å². The van der Waals surface area contributed by atoms with Crippen molar-refractivity contribution in [3.05, 3.63) is 82.9 Å². The average molecular weight is 422 g/mol. The molecule has 0 unspecified atom stereocenters. The highest BCUT2D eigenvalue weighted by Gasteiger charge is 2.17. The van der Waals surface area contributed by atoms with E-state index in [0.29, 0.717) is 16.9 Å². The van der Waals surface area contributed by atoms with Crippen LogP contribution in [0.15, 0.2) is 54.6 Å². The van der Waals surface area contributed by atoms with Gasteiger partial charge in [-0.25, -0.2) is 4.39 Å². The molecule has 0 fully saturated rings. The van der Waals surface area contributed by atoms with Crippen LogP contribution in [-0.4, -0.2) is 22.3 Å². The van der Waals surface area contributed by atoms with Gasteiger partial charge in [0.25, 0.3) is 5.91 Å². The standard InChI is InChI=1S/C23H23FN4O3/c1-14-12-21(15(2)28(14)20-10-6-18(24)7-11-20)23(31)27-26-22(30)13-17-4-8-19(9-5-17)25-16(3)29/h4-12H,13H2,1-3H3,(H,25,29)(H,26,30)(H,27,31). The lowest BCUT2D eigenvalue weighted by Gasteiger charge is -2.11. The Morgan fingerprint density at radius 1 is 0.935 bits per heavy atom. The zero-order valence-corrected chi connectivity index (χ0v) is 17.5. The number of aromatic nitrogens is 1. The third kappa shape index (κ3) is 5.36. The molecule has 1 heterocycles. The van der Waals surface area contributed by atoms with Gasteiger partial charge < -0.3 is 9.88 Å². The number of rotatable bonds is 5. The molecule has 0 bridgehead atoms. The summed E-state index contributed by atoms with van der Waals surface area (Å²) in [5.41, 5.74) is 8.83. The van der Waals surface area contributed by atoms with Crippen LogP contribution in [0, 0.1) is 19.7 Å². The van der Waals surface area contributed by atoms with Crippen molar-refractivity contribution >= 4 is 23.4 Å². The van der Waals surface area contributed by atoms with Crippen molar-refractivity contribution in [3.63, 3.8) is 0 Å². The first-order valence-corrected chi connectivity index (χ1v) is 9.65. The monoisotopic (exact) mass is 422 g/mol. The number of anilines is 1. The first-order chi connectivity index (χ1) is 14.7. The summed E-state index contributed by atoms with van der Waals surface area (Å²) in [4.78, 5) is 35.8. The summed E-state index contributed by atoms with van der Waals surface area (Å²) < 4.78 is 15.0. The quantitative estimate of drug-likeness (QED) is 0.552. The Hall–Kier alpha value is -3.94. The highest BCUT2D eigenvalue weighted by molar-refractivity contribution is 5.97. The lowest BCUT2D eigenvalue weighted by Crippen LogP contribution is -2.42. The molecule has 160 valence electrons. The molecule has 0 aliphatic carbocycles. The summed E-state index contributed by atoms with van der Waals surface area (Å²) in [7, 11) is 0. The van der Waals surface area contributed by atoms with Crippen LogP contribution in [0.5, 0.6) is 0 Å². The number of hydrogen-bond acceptors (Lipinski definition) is 3. The maximum Gasteiger partial charge on any atom is 0.271 e. The fourth-order valence-electron chi connectivity index (χ4n) is 3.31. The van der Waals surface area contributed by atoms with Gasteiger partial charge in [0.1, 0.15) is 5.82 Å². The zero-order valence-electron chi connectivity index (χ0n) is 17.5. The second-order valence-electron chi connectivity index (χ2n) is 7.15. The van der Waals surface area contributed by atoms with Crippen LogP contribution in [0.4, 0.5) is 10.1 Å². The summed E-state index contributed by atoms with van der Waals surface area (Å²) >= 11 is 0. The molecule has 3 N–H and O–H groups in total. The van der Waals surface area contributed by atoms with E-state index in [1.54, 1.807) is 49.4 Å². The van der Waals surface area contributed by atoms with Crippen molar-refractivity contribution in [2.24, 2.45) is 0 Å². The number of nitrogens with one attached hydrogen (secondary N) is 3. The summed E-state index contributed by atoms with van der Waals surface area (Å²) in [6.45, 7) is 5.04. The Morgan fingerprint density at radius 3 is 2.19 bits per heavy atom. The number of benzene rings is 2. The molecule has 0 saturated carbocycles. The van der Waals surface area contributed by atoms with E-state index in [9.17, 15) is 18.8 Å². The van der Waals surface area contributed by atoms with Crippen molar-refractivity contribution in [1.29, 1.82) is 0 Å². The Kier molecular flexibility index (Phi) is 6.49. The summed E-state index contributed by atoms with van der Waals surface area (Å²) in [6, 6.07) is 14.5. The first kappa shape index (κ1) is 21.8. The Bertz CT molecular complexity index is 1120. The zero-order chi connectivity index (χ0) is 22.5. The molecule has 0 aliphatic rings. The minimum atomic E-state index is -0.448. The largest absolute Gasteiger partial charge is 0.326 e. The van der Waals surface area contributed by atoms with Crippen molar-refractivity contribution in [2.45, 2.75) is 27.2 Å². The Labute approximate surface area is 179 Å². The fourth-order valence-corrected chi connectivity index (χ4v) is 3.31. The average Bonchev–Trinajstić information content (AvgIpc) is 3.02. The molecule has 31 heavy (non-hydrogen) atoms. The molecule has 3 aromatic rings. The van der Waals surface area contributed by atoms with Crippen molar-refractivity contribution in [1.82, 2.24) is 15.4 Å². The second-order valence-corrected chi connectivity index (χ2v) is 7.15. The Morgan fingerprint density at radius 2 is 1.58 bits per heavy atom. The number of hydrazine groups is 1. The van der Waals surface area contributed by atoms with Crippen molar-refractivity contribution in [3.8, 4) is 5.69 Å². The van der Waals surface area contributed by atoms with Crippen LogP contribution in [-0.2, 0) is 16.0 Å². The minimum Gasteiger partial charge on any atom is -0.326 e. The van der Waals surface area contributed by atoms with Gasteiger partial charge in [0.05, 0.1) is 12.0 Å². The van der Waals surface area contributed by atoms with Crippen LogP contribution in [0.1, 0.15) is 34.2 Å². The van der Waals surface area contributed by atoms with E-state index in [4.69, 9.17) is 0 Å². The fraction of sp³-hybridized carbons (Fsp3) is 0.174. The van der Waals surface area contributed by atoms with Crippen LogP contribution < -0.4 is 16.2 Å². The number of halogens is 1. The van der Waals surface area contributed by atoms with Gasteiger partial charge in [0.15, 0.2) is 0 Å². The second kappa shape index (κ2) is 9.25. The molecular weight excluding hydrogens is 399 g/mol. The van der Waals surface area contributed by atoms with E-state index in [1.807, 2.05) is 11.5 Å². The van der Waals surface area contributed by atoms with E-state index >= 15 is 0 Å². The molecule has 3 amide bonds. The topological polar surface area (TPSA) is 92.2 Å². The van der Waals surface area contributed by atoms with E-state index < -0.39 is 5.91 Å². The molecule has 7 nitrogen and oxygen atoms in total. The number of aryl methyl sites for hydroxylation is 1. The highest BCUT2D eigenvalue weighted by Crippen LogP contribution is 2.21. The molecule has 3 rings (SSSR count). The molecule has 0 radical (unpaired) electrons. The molecule has 0 atom stereocenters. The van der Waals surface area contributed by atoms with Gasteiger partial charge in [0.2, 0.25) is 11.8 Å². The Balaban J connectivity index is 1.62. The van der Waals surface area contributed by atoms with Crippen molar-refractivity contribution < 1.29 is 18.8 Å². The minimum absolute atomic E-state index is 0.0647. The molecule has 8 heteroatoms. The van der Waals surface area contributed by atoms with E-state index in [1.165, 1.54) is 19.1 Å². The predicted octanol–water partition coefficient (Wildman–Crippen LogP) is 3.20. The van der Waals surface area contributed by atoms with Gasteiger partial charge in [-0.1, -0.05) is 12.1 Å². The third-order valence-electron chi connectivity index (χ3n) is 4.72. The molecule has 2 aromatic carbocycles. The smallest absolute Gasteiger partial charge is 0.271 e. The van der Waals surface area contributed by atoms with Crippen molar-refractivity contribution in [2.75, 3.05) is 5.32 Å². The van der Waals surface area contributed by atoms with Gasteiger partial charge in [-0.15, -0.1) is 0 Å². The summed E-state index contributed by atoms with van der Waals surface area (Å²) in [6.07, 6.45) is 0.0647. The van der Waals surface area contributed by atoms with Crippen LogP contribution in [0.3, 0.4) is 0 Å². The predicted molar refractivity (Wildman–Crippen MR) is 115 cm³/mol. The lowest BCUT2D eigenvalue weighted by atomic mass is 10.1. The van der Waals surface area contributed by atoms with Gasteiger partial charge in [0, 0.05) is 29.7 Å². The summed E-state index contributed by atoms with van der Waals surface area (Å²) in [5, 5.41) is 2.65. The molecule has 0 spiro atoms. The number of hydrogen-bond donors (Lipinski definition) is 3. The SMILES string of the molecule is CC(=O)Nc1ccc(CC(=O)NNC(=O)c2cc(C)n(-c3ccc(F)cc3)c2C)cc1. The van der Waals surface area contributed by atoms with Gasteiger partial charge in [-0.05, 0) is 61.9 Å². The van der Waals surface area contributed by atoms with E-state index in [-0.39, 0.29) is 24.1 Å². The van der Waals surface area contributed by atoms with Crippen LogP contribution in [0.25, 0.3) is 5.69 Å². The molecular formula is C23H23FN4O3. The van der Waals surface area contributed by atoms with E-state index in [2.05, 4.69) is 16.2 Å². The van der Waals surface area contributed by atoms with Crippen LogP contribution in [0.2, 0.25) is 0 Å². The van der Waals surface area contributed by atoms with Gasteiger partial charge in [-0.3, -0.25) is 25.2 Å². The number of nitrogens with zero attached hydrogens (tertiary/aromatic N) is 1. The number of carbonyl (C=O) groups excluding carboxylic acids is 3. The molecule has 0 aliphatic heterocycles. The maximum absolute atomic E-state index is 13.2.